The van der Waals surface area contributed by atoms with Crippen LogP contribution in [0.3, 0.4) is 0 Å². The van der Waals surface area contributed by atoms with E-state index in [9.17, 15) is 8.78 Å². The van der Waals surface area contributed by atoms with Crippen LogP contribution in [0, 0.1) is 11.6 Å². The summed E-state index contributed by atoms with van der Waals surface area (Å²) in [7, 11) is 0. The van der Waals surface area contributed by atoms with Gasteiger partial charge in [0.15, 0.2) is 11.6 Å². The molecule has 0 heterocycles. The minimum Gasteiger partial charge on any atom is -0.271 e. The van der Waals surface area contributed by atoms with Gasteiger partial charge in [0.1, 0.15) is 0 Å². The summed E-state index contributed by atoms with van der Waals surface area (Å²) in [6.07, 6.45) is 2.22. The zero-order valence-corrected chi connectivity index (χ0v) is 7.63. The second-order valence-corrected chi connectivity index (χ2v) is 2.92. The van der Waals surface area contributed by atoms with E-state index in [2.05, 4.69) is 12.0 Å². The van der Waals surface area contributed by atoms with Crippen molar-refractivity contribution < 1.29 is 8.78 Å². The van der Waals surface area contributed by atoms with Crippen molar-refractivity contribution >= 4 is 0 Å². The predicted octanol–water partition coefficient (Wildman–Crippen LogP) is 2.05. The average Bonchev–Trinajstić information content (AvgIpc) is 2.19. The van der Waals surface area contributed by atoms with Gasteiger partial charge in [0.25, 0.3) is 0 Å². The SMILES string of the molecule is C=CCC(NN)c1ccc(F)c(F)c1. The Morgan fingerprint density at radius 2 is 2.14 bits per heavy atom. The largest absolute Gasteiger partial charge is 0.271 e. The van der Waals surface area contributed by atoms with Crippen molar-refractivity contribution in [1.29, 1.82) is 0 Å². The number of hydrogen-bond donors (Lipinski definition) is 2. The molecule has 0 amide bonds. The minimum atomic E-state index is -0.869. The maximum atomic E-state index is 12.8. The third-order valence-electron chi connectivity index (χ3n) is 1.95. The number of halogens is 2. The lowest BCUT2D eigenvalue weighted by Gasteiger charge is -2.14. The van der Waals surface area contributed by atoms with Crippen molar-refractivity contribution in [2.24, 2.45) is 5.84 Å². The molecule has 1 aromatic rings. The van der Waals surface area contributed by atoms with E-state index in [1.165, 1.54) is 6.07 Å². The number of rotatable bonds is 4. The van der Waals surface area contributed by atoms with Crippen LogP contribution < -0.4 is 11.3 Å². The Bertz CT molecular complexity index is 326. The average molecular weight is 198 g/mol. The summed E-state index contributed by atoms with van der Waals surface area (Å²) in [6.45, 7) is 3.55. The maximum absolute atomic E-state index is 12.8. The highest BCUT2D eigenvalue weighted by atomic mass is 19.2. The topological polar surface area (TPSA) is 38.0 Å². The zero-order valence-electron chi connectivity index (χ0n) is 7.63. The first-order chi connectivity index (χ1) is 6.69. The van der Waals surface area contributed by atoms with Crippen LogP contribution >= 0.6 is 0 Å². The smallest absolute Gasteiger partial charge is 0.159 e. The number of hydrogen-bond acceptors (Lipinski definition) is 2. The lowest BCUT2D eigenvalue weighted by atomic mass is 10.0. The summed E-state index contributed by atoms with van der Waals surface area (Å²) >= 11 is 0. The molecule has 0 aromatic heterocycles. The quantitative estimate of drug-likeness (QED) is 0.441. The van der Waals surface area contributed by atoms with E-state index in [0.29, 0.717) is 12.0 Å². The fourth-order valence-corrected chi connectivity index (χ4v) is 1.20. The van der Waals surface area contributed by atoms with Crippen LogP contribution in [0.2, 0.25) is 0 Å². The molecule has 2 nitrogen and oxygen atoms in total. The predicted molar refractivity (Wildman–Crippen MR) is 51.2 cm³/mol. The van der Waals surface area contributed by atoms with E-state index in [-0.39, 0.29) is 6.04 Å². The van der Waals surface area contributed by atoms with Crippen LogP contribution in [0.1, 0.15) is 18.0 Å². The lowest BCUT2D eigenvalue weighted by Crippen LogP contribution is -2.27. The normalized spacial score (nSPS) is 12.5. The van der Waals surface area contributed by atoms with Crippen LogP contribution in [0.4, 0.5) is 8.78 Å². The van der Waals surface area contributed by atoms with Crippen molar-refractivity contribution in [3.05, 3.63) is 48.1 Å². The van der Waals surface area contributed by atoms with Crippen molar-refractivity contribution in [2.75, 3.05) is 0 Å². The van der Waals surface area contributed by atoms with Gasteiger partial charge in [-0.1, -0.05) is 12.1 Å². The molecule has 1 rings (SSSR count). The van der Waals surface area contributed by atoms with Gasteiger partial charge in [0, 0.05) is 6.04 Å². The summed E-state index contributed by atoms with van der Waals surface area (Å²) in [6, 6.07) is 3.47. The molecule has 0 bridgehead atoms. The first-order valence-corrected chi connectivity index (χ1v) is 4.21. The molecular formula is C10H12F2N2. The molecule has 0 saturated heterocycles. The van der Waals surface area contributed by atoms with E-state index < -0.39 is 11.6 Å². The molecule has 0 saturated carbocycles. The fourth-order valence-electron chi connectivity index (χ4n) is 1.20. The van der Waals surface area contributed by atoms with Gasteiger partial charge in [0.05, 0.1) is 0 Å². The Kier molecular flexibility index (Phi) is 3.73. The Morgan fingerprint density at radius 3 is 2.64 bits per heavy atom. The van der Waals surface area contributed by atoms with Crippen LogP contribution in [0.5, 0.6) is 0 Å². The molecule has 1 atom stereocenters. The first-order valence-electron chi connectivity index (χ1n) is 4.21. The van der Waals surface area contributed by atoms with Crippen LogP contribution in [0.15, 0.2) is 30.9 Å². The van der Waals surface area contributed by atoms with Gasteiger partial charge in [-0.2, -0.15) is 0 Å². The van der Waals surface area contributed by atoms with Crippen molar-refractivity contribution in [3.8, 4) is 0 Å². The third kappa shape index (κ3) is 2.37. The minimum absolute atomic E-state index is 0.234. The summed E-state index contributed by atoms with van der Waals surface area (Å²) < 4.78 is 25.5. The van der Waals surface area contributed by atoms with Gasteiger partial charge < -0.3 is 0 Å². The summed E-state index contributed by atoms with van der Waals surface area (Å²) in [5.74, 6) is 3.54. The zero-order chi connectivity index (χ0) is 10.6. The van der Waals surface area contributed by atoms with Gasteiger partial charge in [-0.3, -0.25) is 11.3 Å². The number of benzene rings is 1. The molecule has 0 aliphatic heterocycles. The molecule has 0 fully saturated rings. The number of hydrazine groups is 1. The summed E-state index contributed by atoms with van der Waals surface area (Å²) in [4.78, 5) is 0. The molecule has 0 radical (unpaired) electrons. The molecule has 14 heavy (non-hydrogen) atoms. The molecule has 1 aromatic carbocycles. The first kappa shape index (κ1) is 10.8. The Labute approximate surface area is 81.4 Å². The number of nitrogens with two attached hydrogens (primary N) is 1. The van der Waals surface area contributed by atoms with Gasteiger partial charge in [-0.05, 0) is 24.1 Å². The van der Waals surface area contributed by atoms with E-state index >= 15 is 0 Å². The van der Waals surface area contributed by atoms with E-state index in [4.69, 9.17) is 5.84 Å². The van der Waals surface area contributed by atoms with Gasteiger partial charge in [-0.25, -0.2) is 8.78 Å². The van der Waals surface area contributed by atoms with Crippen molar-refractivity contribution in [1.82, 2.24) is 5.43 Å². The second kappa shape index (κ2) is 4.83. The van der Waals surface area contributed by atoms with Gasteiger partial charge >= 0.3 is 0 Å². The van der Waals surface area contributed by atoms with Gasteiger partial charge in [0.2, 0.25) is 0 Å². The molecular weight excluding hydrogens is 186 g/mol. The van der Waals surface area contributed by atoms with Gasteiger partial charge in [-0.15, -0.1) is 6.58 Å². The second-order valence-electron chi connectivity index (χ2n) is 2.92. The Morgan fingerprint density at radius 1 is 1.43 bits per heavy atom. The Hall–Kier alpha value is -1.26. The van der Waals surface area contributed by atoms with Crippen LogP contribution in [-0.2, 0) is 0 Å². The highest BCUT2D eigenvalue weighted by molar-refractivity contribution is 5.21. The summed E-state index contributed by atoms with van der Waals surface area (Å²) in [5.41, 5.74) is 3.11. The van der Waals surface area contributed by atoms with Crippen molar-refractivity contribution in [2.45, 2.75) is 12.5 Å². The summed E-state index contributed by atoms with van der Waals surface area (Å²) in [5, 5.41) is 0. The Balaban J connectivity index is 2.93. The number of nitrogens with one attached hydrogen (secondary N) is 1. The fraction of sp³-hybridized carbons (Fsp3) is 0.200. The van der Waals surface area contributed by atoms with Crippen LogP contribution in [-0.4, -0.2) is 0 Å². The molecule has 0 aliphatic carbocycles. The molecule has 0 aliphatic rings. The van der Waals surface area contributed by atoms with Crippen molar-refractivity contribution in [3.63, 3.8) is 0 Å². The molecule has 76 valence electrons. The maximum Gasteiger partial charge on any atom is 0.159 e. The highest BCUT2D eigenvalue weighted by Gasteiger charge is 2.10. The molecule has 4 heteroatoms. The lowest BCUT2D eigenvalue weighted by molar-refractivity contribution is 0.498. The highest BCUT2D eigenvalue weighted by Crippen LogP contribution is 2.18. The van der Waals surface area contributed by atoms with E-state index in [1.54, 1.807) is 6.08 Å². The standard InChI is InChI=1S/C10H12F2N2/c1-2-3-10(14-13)7-4-5-8(11)9(12)6-7/h2,4-6,10,14H,1,3,13H2. The van der Waals surface area contributed by atoms with E-state index in [0.717, 1.165) is 12.1 Å². The molecule has 0 spiro atoms. The monoisotopic (exact) mass is 198 g/mol. The third-order valence-corrected chi connectivity index (χ3v) is 1.95. The molecule has 3 N–H and O–H groups in total. The van der Waals surface area contributed by atoms with Crippen LogP contribution in [0.25, 0.3) is 0 Å². The molecule has 1 unspecified atom stereocenters. The van der Waals surface area contributed by atoms with E-state index in [1.807, 2.05) is 0 Å².